The van der Waals surface area contributed by atoms with Crippen molar-refractivity contribution in [3.05, 3.63) is 72.3 Å². The lowest BCUT2D eigenvalue weighted by atomic mass is 9.76. The summed E-state index contributed by atoms with van der Waals surface area (Å²) < 4.78 is 6.68. The van der Waals surface area contributed by atoms with Crippen LogP contribution in [0.5, 0.6) is 5.75 Å². The molecule has 28 heavy (non-hydrogen) atoms. The average Bonchev–Trinajstić information content (AvgIpc) is 2.75. The molecular formula is C26H29NO. The van der Waals surface area contributed by atoms with E-state index in [-0.39, 0.29) is 5.60 Å². The fourth-order valence-corrected chi connectivity index (χ4v) is 5.38. The van der Waals surface area contributed by atoms with E-state index in [1.54, 1.807) is 0 Å². The number of nitrogens with zero attached hydrogens (tertiary/aromatic N) is 1. The molecule has 0 amide bonds. The predicted octanol–water partition coefficient (Wildman–Crippen LogP) is 6.89. The van der Waals surface area contributed by atoms with Crippen LogP contribution in [-0.4, -0.2) is 12.1 Å². The molecule has 1 atom stereocenters. The zero-order valence-electron chi connectivity index (χ0n) is 16.7. The van der Waals surface area contributed by atoms with Gasteiger partial charge in [-0.25, -0.2) is 0 Å². The molecule has 0 saturated heterocycles. The van der Waals surface area contributed by atoms with Crippen LogP contribution < -0.4 is 9.64 Å². The van der Waals surface area contributed by atoms with Crippen molar-refractivity contribution in [2.24, 2.45) is 0 Å². The van der Waals surface area contributed by atoms with E-state index in [0.717, 1.165) is 18.7 Å². The molecule has 1 saturated carbocycles. The Hall–Kier alpha value is -2.48. The fraction of sp³-hybridized carbons (Fsp3) is 0.385. The van der Waals surface area contributed by atoms with Gasteiger partial charge in [-0.1, -0.05) is 61.0 Å². The highest BCUT2D eigenvalue weighted by atomic mass is 16.5. The zero-order chi connectivity index (χ0) is 19.0. The van der Waals surface area contributed by atoms with E-state index in [4.69, 9.17) is 4.74 Å². The molecule has 3 aromatic carbocycles. The van der Waals surface area contributed by atoms with E-state index < -0.39 is 0 Å². The summed E-state index contributed by atoms with van der Waals surface area (Å²) >= 11 is 0. The molecule has 0 radical (unpaired) electrons. The van der Waals surface area contributed by atoms with Gasteiger partial charge in [0, 0.05) is 29.6 Å². The van der Waals surface area contributed by atoms with Gasteiger partial charge in [0.25, 0.3) is 0 Å². The van der Waals surface area contributed by atoms with Crippen molar-refractivity contribution in [3.8, 4) is 5.75 Å². The minimum absolute atomic E-state index is 0.00920. The summed E-state index contributed by atoms with van der Waals surface area (Å²) in [5.41, 5.74) is 2.69. The number of hydrogen-bond acceptors (Lipinski definition) is 2. The molecule has 3 aromatic rings. The first-order valence-corrected chi connectivity index (χ1v) is 10.8. The smallest absolute Gasteiger partial charge is 0.125 e. The molecule has 0 aromatic heterocycles. The lowest BCUT2D eigenvalue weighted by Crippen LogP contribution is -2.46. The molecule has 0 N–H and O–H groups in total. The summed E-state index contributed by atoms with van der Waals surface area (Å²) in [4.78, 5) is 2.61. The number of fused-ring (bicyclic) bond motifs is 2. The topological polar surface area (TPSA) is 12.5 Å². The van der Waals surface area contributed by atoms with Gasteiger partial charge in [0.2, 0.25) is 0 Å². The average molecular weight is 372 g/mol. The quantitative estimate of drug-likeness (QED) is 0.497. The molecule has 1 aliphatic heterocycles. The van der Waals surface area contributed by atoms with E-state index in [0.29, 0.717) is 6.04 Å². The molecule has 1 unspecified atom stereocenters. The van der Waals surface area contributed by atoms with Crippen molar-refractivity contribution in [3.63, 3.8) is 0 Å². The van der Waals surface area contributed by atoms with Crippen molar-refractivity contribution in [1.29, 1.82) is 0 Å². The monoisotopic (exact) mass is 371 g/mol. The first-order valence-electron chi connectivity index (χ1n) is 10.8. The number of rotatable bonds is 3. The van der Waals surface area contributed by atoms with Crippen LogP contribution in [0.25, 0.3) is 10.8 Å². The highest BCUT2D eigenvalue weighted by Gasteiger charge is 2.43. The summed E-state index contributed by atoms with van der Waals surface area (Å²) in [7, 11) is 0. The summed E-state index contributed by atoms with van der Waals surface area (Å²) in [5, 5.41) is 2.65. The zero-order valence-corrected chi connectivity index (χ0v) is 16.7. The van der Waals surface area contributed by atoms with Gasteiger partial charge < -0.3 is 9.64 Å². The molecule has 2 nitrogen and oxygen atoms in total. The minimum Gasteiger partial charge on any atom is -0.487 e. The second-order valence-corrected chi connectivity index (χ2v) is 8.39. The molecular weight excluding hydrogens is 342 g/mol. The van der Waals surface area contributed by atoms with Crippen LogP contribution in [-0.2, 0) is 0 Å². The van der Waals surface area contributed by atoms with Crippen LogP contribution in [0.15, 0.2) is 66.7 Å². The highest BCUT2D eigenvalue weighted by Crippen LogP contribution is 2.49. The van der Waals surface area contributed by atoms with Crippen LogP contribution in [0.2, 0.25) is 0 Å². The third-order valence-electron chi connectivity index (χ3n) is 6.73. The minimum atomic E-state index is 0.00920. The van der Waals surface area contributed by atoms with Gasteiger partial charge in [0.15, 0.2) is 0 Å². The number of anilines is 1. The summed E-state index contributed by atoms with van der Waals surface area (Å²) in [6.45, 7) is 3.27. The van der Waals surface area contributed by atoms with Crippen LogP contribution in [0.1, 0.15) is 57.1 Å². The molecule has 2 aliphatic rings. The van der Waals surface area contributed by atoms with Gasteiger partial charge in [-0.3, -0.25) is 0 Å². The molecule has 1 spiro atoms. The van der Waals surface area contributed by atoms with Gasteiger partial charge in [0.1, 0.15) is 11.4 Å². The Morgan fingerprint density at radius 2 is 1.64 bits per heavy atom. The Morgan fingerprint density at radius 1 is 0.893 bits per heavy atom. The van der Waals surface area contributed by atoms with E-state index in [1.807, 2.05) is 0 Å². The van der Waals surface area contributed by atoms with Crippen molar-refractivity contribution < 1.29 is 4.74 Å². The maximum atomic E-state index is 6.68. The van der Waals surface area contributed by atoms with Crippen LogP contribution >= 0.6 is 0 Å². The predicted molar refractivity (Wildman–Crippen MR) is 117 cm³/mol. The van der Waals surface area contributed by atoms with Crippen molar-refractivity contribution in [2.75, 3.05) is 11.4 Å². The Kier molecular flexibility index (Phi) is 4.50. The Bertz CT molecular complexity index is 968. The van der Waals surface area contributed by atoms with Crippen molar-refractivity contribution >= 4 is 16.5 Å². The van der Waals surface area contributed by atoms with Gasteiger partial charge in [0.05, 0.1) is 6.04 Å². The summed E-state index contributed by atoms with van der Waals surface area (Å²) in [5.74, 6) is 1.10. The molecule has 1 heterocycles. The number of benzene rings is 3. The Morgan fingerprint density at radius 3 is 2.50 bits per heavy atom. The molecule has 1 fully saturated rings. The number of para-hydroxylation sites is 1. The molecule has 1 aliphatic carbocycles. The second kappa shape index (κ2) is 7.16. The van der Waals surface area contributed by atoms with E-state index in [1.165, 1.54) is 54.1 Å². The van der Waals surface area contributed by atoms with Crippen LogP contribution in [0.4, 0.5) is 5.69 Å². The molecule has 5 rings (SSSR count). The highest BCUT2D eigenvalue weighted by molar-refractivity contribution is 5.94. The van der Waals surface area contributed by atoms with E-state index >= 15 is 0 Å². The summed E-state index contributed by atoms with van der Waals surface area (Å²) in [6, 6.07) is 24.5. The standard InChI is InChI=1S/C26H29NO/c1-2-27(23-15-10-12-20-11-4-5-13-21(20)23)24-19-26(17-8-3-9-18-26)28-25-16-7-6-14-22(24)25/h4-7,10-16,24H,2-3,8-9,17-19H2,1H3. The molecule has 144 valence electrons. The Labute approximate surface area is 168 Å². The van der Waals surface area contributed by atoms with Crippen molar-refractivity contribution in [2.45, 2.75) is 57.1 Å². The van der Waals surface area contributed by atoms with E-state index in [9.17, 15) is 0 Å². The van der Waals surface area contributed by atoms with Crippen LogP contribution in [0.3, 0.4) is 0 Å². The lowest BCUT2D eigenvalue weighted by Gasteiger charge is -2.48. The third kappa shape index (κ3) is 2.96. The normalized spacial score (nSPS) is 20.5. The van der Waals surface area contributed by atoms with Crippen molar-refractivity contribution in [1.82, 2.24) is 0 Å². The third-order valence-corrected chi connectivity index (χ3v) is 6.73. The lowest BCUT2D eigenvalue weighted by molar-refractivity contribution is 0.00100. The first kappa shape index (κ1) is 17.6. The maximum Gasteiger partial charge on any atom is 0.125 e. The molecule has 0 bridgehead atoms. The number of hydrogen-bond donors (Lipinski definition) is 0. The maximum absolute atomic E-state index is 6.68. The second-order valence-electron chi connectivity index (χ2n) is 8.39. The van der Waals surface area contributed by atoms with Gasteiger partial charge >= 0.3 is 0 Å². The summed E-state index contributed by atoms with van der Waals surface area (Å²) in [6.07, 6.45) is 7.37. The number of ether oxygens (including phenoxy) is 1. The fourth-order valence-electron chi connectivity index (χ4n) is 5.38. The SMILES string of the molecule is CCN(c1cccc2ccccc12)C1CC2(CCCCC2)Oc2ccccc21. The van der Waals surface area contributed by atoms with Gasteiger partial charge in [-0.15, -0.1) is 0 Å². The largest absolute Gasteiger partial charge is 0.487 e. The van der Waals surface area contributed by atoms with Gasteiger partial charge in [-0.05, 0) is 50.1 Å². The first-order chi connectivity index (χ1) is 13.8. The van der Waals surface area contributed by atoms with Crippen LogP contribution in [0, 0.1) is 0 Å². The van der Waals surface area contributed by atoms with Gasteiger partial charge in [-0.2, -0.15) is 0 Å². The Balaban J connectivity index is 1.62. The molecule has 2 heteroatoms. The van der Waals surface area contributed by atoms with E-state index in [2.05, 4.69) is 78.6 Å².